The van der Waals surface area contributed by atoms with Crippen molar-refractivity contribution in [2.45, 2.75) is 13.3 Å². The van der Waals surface area contributed by atoms with Crippen LogP contribution in [0.15, 0.2) is 18.2 Å². The summed E-state index contributed by atoms with van der Waals surface area (Å²) in [6.07, 6.45) is 0.996. The zero-order chi connectivity index (χ0) is 13.9. The van der Waals surface area contributed by atoms with Crippen molar-refractivity contribution in [2.24, 2.45) is 0 Å². The molecule has 0 radical (unpaired) electrons. The highest BCUT2D eigenvalue weighted by molar-refractivity contribution is 5.50. The molecule has 1 aromatic carbocycles. The molecule has 4 nitrogen and oxygen atoms in total. The summed E-state index contributed by atoms with van der Waals surface area (Å²) in [5.74, 6) is 6.82. The van der Waals surface area contributed by atoms with E-state index < -0.39 is 0 Å². The fourth-order valence-electron chi connectivity index (χ4n) is 1.45. The topological polar surface area (TPSA) is 47.9 Å². The van der Waals surface area contributed by atoms with Gasteiger partial charge in [-0.25, -0.2) is 0 Å². The Balaban J connectivity index is 2.64. The van der Waals surface area contributed by atoms with E-state index in [1.165, 1.54) is 0 Å². The number of rotatable bonds is 7. The highest BCUT2D eigenvalue weighted by Gasteiger charge is 2.03. The Morgan fingerprint density at radius 3 is 2.74 bits per heavy atom. The van der Waals surface area contributed by atoms with Gasteiger partial charge in [-0.2, -0.15) is 0 Å². The summed E-state index contributed by atoms with van der Waals surface area (Å²) in [6.45, 7) is 3.64. The molecule has 0 unspecified atom stereocenters. The Morgan fingerprint density at radius 2 is 2.05 bits per heavy atom. The Bertz CT molecular complexity index is 432. The van der Waals surface area contributed by atoms with Gasteiger partial charge >= 0.3 is 0 Å². The minimum Gasteiger partial charge on any atom is -0.497 e. The van der Waals surface area contributed by atoms with Crippen LogP contribution in [-0.4, -0.2) is 38.6 Å². The molecule has 0 aliphatic carbocycles. The molecule has 19 heavy (non-hydrogen) atoms. The maximum Gasteiger partial charge on any atom is 0.135 e. The second-order valence-electron chi connectivity index (χ2n) is 3.78. The Labute approximate surface area is 114 Å². The van der Waals surface area contributed by atoms with Crippen molar-refractivity contribution in [1.82, 2.24) is 0 Å². The van der Waals surface area contributed by atoms with Crippen molar-refractivity contribution in [1.29, 1.82) is 0 Å². The van der Waals surface area contributed by atoms with Crippen molar-refractivity contribution in [3.05, 3.63) is 23.8 Å². The van der Waals surface area contributed by atoms with E-state index in [0.29, 0.717) is 30.3 Å². The molecule has 1 aromatic rings. The highest BCUT2D eigenvalue weighted by atomic mass is 16.5. The van der Waals surface area contributed by atoms with Gasteiger partial charge in [0.05, 0.1) is 19.3 Å². The van der Waals surface area contributed by atoms with Crippen LogP contribution in [0.4, 0.5) is 0 Å². The highest BCUT2D eigenvalue weighted by Crippen LogP contribution is 2.23. The van der Waals surface area contributed by atoms with Crippen molar-refractivity contribution >= 4 is 0 Å². The fraction of sp³-hybridized carbons (Fsp3) is 0.467. The normalized spacial score (nSPS) is 9.63. The van der Waals surface area contributed by atoms with E-state index >= 15 is 0 Å². The zero-order valence-electron chi connectivity index (χ0n) is 11.4. The summed E-state index contributed by atoms with van der Waals surface area (Å²) >= 11 is 0. The lowest BCUT2D eigenvalue weighted by Crippen LogP contribution is -2.08. The average Bonchev–Trinajstić information content (AvgIpc) is 2.45. The lowest BCUT2D eigenvalue weighted by Gasteiger charge is -2.10. The van der Waals surface area contributed by atoms with Crippen molar-refractivity contribution in [3.63, 3.8) is 0 Å². The van der Waals surface area contributed by atoms with Gasteiger partial charge in [0.1, 0.15) is 24.7 Å². The van der Waals surface area contributed by atoms with Crippen molar-refractivity contribution in [2.75, 3.05) is 33.5 Å². The van der Waals surface area contributed by atoms with E-state index in [2.05, 4.69) is 18.8 Å². The molecule has 1 rings (SSSR count). The Morgan fingerprint density at radius 1 is 1.21 bits per heavy atom. The van der Waals surface area contributed by atoms with Gasteiger partial charge in [-0.1, -0.05) is 18.8 Å². The van der Waals surface area contributed by atoms with Crippen molar-refractivity contribution < 1.29 is 19.3 Å². The van der Waals surface area contributed by atoms with Crippen LogP contribution in [0.3, 0.4) is 0 Å². The second kappa shape index (κ2) is 9.26. The van der Waals surface area contributed by atoms with Crippen LogP contribution in [0.1, 0.15) is 18.9 Å². The van der Waals surface area contributed by atoms with Gasteiger partial charge in [-0.05, 0) is 24.6 Å². The van der Waals surface area contributed by atoms with E-state index in [9.17, 15) is 0 Å². The molecule has 0 saturated carbocycles. The van der Waals surface area contributed by atoms with Crippen LogP contribution in [0.25, 0.3) is 0 Å². The third-order valence-electron chi connectivity index (χ3n) is 2.32. The molecule has 0 fully saturated rings. The molecule has 104 valence electrons. The first kappa shape index (κ1) is 15.4. The molecule has 0 spiro atoms. The van der Waals surface area contributed by atoms with Crippen LogP contribution in [0.5, 0.6) is 11.5 Å². The van der Waals surface area contributed by atoms with Crippen LogP contribution in [-0.2, 0) is 4.74 Å². The van der Waals surface area contributed by atoms with E-state index in [0.717, 1.165) is 13.0 Å². The van der Waals surface area contributed by atoms with Crippen LogP contribution in [0.2, 0.25) is 0 Å². The maximum absolute atomic E-state index is 8.75. The van der Waals surface area contributed by atoms with Gasteiger partial charge in [0.2, 0.25) is 0 Å². The van der Waals surface area contributed by atoms with E-state index in [1.54, 1.807) is 19.2 Å². The molecule has 1 N–H and O–H groups in total. The molecule has 0 aliphatic heterocycles. The lowest BCUT2D eigenvalue weighted by molar-refractivity contribution is 0.100. The molecule has 0 heterocycles. The second-order valence-corrected chi connectivity index (χ2v) is 3.78. The number of hydrogen-bond donors (Lipinski definition) is 1. The molecule has 0 bridgehead atoms. The maximum atomic E-state index is 8.75. The van der Waals surface area contributed by atoms with Crippen molar-refractivity contribution in [3.8, 4) is 23.3 Å². The average molecular weight is 264 g/mol. The Hall–Kier alpha value is -1.70. The molecule has 0 atom stereocenters. The largest absolute Gasteiger partial charge is 0.497 e. The number of aliphatic hydroxyl groups is 1. The first-order valence-electron chi connectivity index (χ1n) is 6.30. The van der Waals surface area contributed by atoms with Crippen LogP contribution < -0.4 is 9.47 Å². The summed E-state index contributed by atoms with van der Waals surface area (Å²) in [6, 6.07) is 5.40. The third kappa shape index (κ3) is 5.64. The first-order chi connectivity index (χ1) is 9.31. The number of hydrogen-bond acceptors (Lipinski definition) is 4. The van der Waals surface area contributed by atoms with Gasteiger partial charge in [0.15, 0.2) is 0 Å². The quantitative estimate of drug-likeness (QED) is 0.603. The van der Waals surface area contributed by atoms with Gasteiger partial charge < -0.3 is 19.3 Å². The van der Waals surface area contributed by atoms with Gasteiger partial charge in [0, 0.05) is 6.61 Å². The first-order valence-corrected chi connectivity index (χ1v) is 6.30. The molecular weight excluding hydrogens is 244 g/mol. The summed E-state index contributed by atoms with van der Waals surface area (Å²) in [7, 11) is 1.59. The molecular formula is C15H20O4. The zero-order valence-corrected chi connectivity index (χ0v) is 11.4. The molecule has 0 amide bonds. The van der Waals surface area contributed by atoms with Crippen LogP contribution in [0, 0.1) is 11.8 Å². The van der Waals surface area contributed by atoms with Crippen LogP contribution >= 0.6 is 0 Å². The predicted octanol–water partition coefficient (Wildman–Crippen LogP) is 1.84. The van der Waals surface area contributed by atoms with E-state index in [-0.39, 0.29) is 6.61 Å². The number of aliphatic hydroxyl groups excluding tert-OH is 1. The van der Waals surface area contributed by atoms with Gasteiger partial charge in [0.25, 0.3) is 0 Å². The summed E-state index contributed by atoms with van der Waals surface area (Å²) in [5, 5.41) is 8.75. The Kier molecular flexibility index (Phi) is 7.48. The van der Waals surface area contributed by atoms with Gasteiger partial charge in [-0.3, -0.25) is 0 Å². The number of benzene rings is 1. The minimum atomic E-state index is -0.184. The SMILES string of the molecule is CCCOCCOc1ccc(OC)cc1C#CCO. The molecule has 0 aromatic heterocycles. The predicted molar refractivity (Wildman–Crippen MR) is 73.6 cm³/mol. The summed E-state index contributed by atoms with van der Waals surface area (Å²) < 4.78 is 16.1. The third-order valence-corrected chi connectivity index (χ3v) is 2.32. The summed E-state index contributed by atoms with van der Waals surface area (Å²) in [4.78, 5) is 0. The standard InChI is InChI=1S/C15H20O4/c1-3-9-18-10-11-19-15-7-6-14(17-2)12-13(15)5-4-8-16/h6-7,12,16H,3,8-11H2,1-2H3. The van der Waals surface area contributed by atoms with E-state index in [4.69, 9.17) is 19.3 Å². The molecule has 4 heteroatoms. The minimum absolute atomic E-state index is 0.184. The van der Waals surface area contributed by atoms with E-state index in [1.807, 2.05) is 6.07 Å². The lowest BCUT2D eigenvalue weighted by atomic mass is 10.2. The fourth-order valence-corrected chi connectivity index (χ4v) is 1.45. The smallest absolute Gasteiger partial charge is 0.135 e. The molecule has 0 aliphatic rings. The monoisotopic (exact) mass is 264 g/mol. The number of methoxy groups -OCH3 is 1. The number of ether oxygens (including phenoxy) is 3. The molecule has 0 saturated heterocycles. The summed E-state index contributed by atoms with van der Waals surface area (Å²) in [5.41, 5.74) is 0.698. The van der Waals surface area contributed by atoms with Gasteiger partial charge in [-0.15, -0.1) is 0 Å².